The lowest BCUT2D eigenvalue weighted by Crippen LogP contribution is -2.14. The van der Waals surface area contributed by atoms with E-state index >= 15 is 0 Å². The van der Waals surface area contributed by atoms with E-state index in [9.17, 15) is 4.39 Å². The summed E-state index contributed by atoms with van der Waals surface area (Å²) >= 11 is 0. The summed E-state index contributed by atoms with van der Waals surface area (Å²) in [6.07, 6.45) is 2.47. The quantitative estimate of drug-likeness (QED) is 0.778. The lowest BCUT2D eigenvalue weighted by molar-refractivity contribution is 0.286. The van der Waals surface area contributed by atoms with E-state index in [2.05, 4.69) is 0 Å². The third kappa shape index (κ3) is 1.60. The summed E-state index contributed by atoms with van der Waals surface area (Å²) in [6.45, 7) is 1.22. The molecule has 1 heterocycles. The zero-order valence-electron chi connectivity index (χ0n) is 8.05. The molecule has 0 aliphatic carbocycles. The summed E-state index contributed by atoms with van der Waals surface area (Å²) in [5, 5.41) is 0. The van der Waals surface area contributed by atoms with Crippen molar-refractivity contribution < 1.29 is 9.13 Å². The highest BCUT2D eigenvalue weighted by atomic mass is 19.1. The first-order valence-corrected chi connectivity index (χ1v) is 4.96. The van der Waals surface area contributed by atoms with E-state index in [0.29, 0.717) is 13.0 Å². The third-order valence-electron chi connectivity index (χ3n) is 2.55. The van der Waals surface area contributed by atoms with Crippen molar-refractivity contribution in [2.24, 2.45) is 5.73 Å². The Morgan fingerprint density at radius 3 is 3.07 bits per heavy atom. The number of benzene rings is 1. The number of nitrogens with two attached hydrogens (primary N) is 1. The Hall–Kier alpha value is -1.09. The molecule has 1 aromatic carbocycles. The van der Waals surface area contributed by atoms with Gasteiger partial charge in [-0.2, -0.15) is 0 Å². The largest absolute Gasteiger partial charge is 0.493 e. The van der Waals surface area contributed by atoms with Crippen molar-refractivity contribution in [3.63, 3.8) is 0 Å². The summed E-state index contributed by atoms with van der Waals surface area (Å²) < 4.78 is 18.9. The molecule has 1 aromatic rings. The number of ether oxygens (including phenoxy) is 1. The molecule has 0 radical (unpaired) electrons. The molecule has 0 spiro atoms. The fraction of sp³-hybridized carbons (Fsp3) is 0.455. The van der Waals surface area contributed by atoms with Crippen LogP contribution in [0.2, 0.25) is 0 Å². The van der Waals surface area contributed by atoms with Gasteiger partial charge in [0.15, 0.2) is 0 Å². The molecule has 0 saturated heterocycles. The molecule has 2 rings (SSSR count). The second kappa shape index (κ2) is 3.96. The first kappa shape index (κ1) is 9.46. The van der Waals surface area contributed by atoms with Crippen molar-refractivity contribution in [3.8, 4) is 5.75 Å². The van der Waals surface area contributed by atoms with Gasteiger partial charge < -0.3 is 10.5 Å². The average molecular weight is 195 g/mol. The molecule has 2 N–H and O–H groups in total. The van der Waals surface area contributed by atoms with Gasteiger partial charge in [0.2, 0.25) is 0 Å². The standard InChI is InChI=1S/C11H14FNO/c12-10-3-4-11-9(2-1-7-14-11)8(10)5-6-13/h3-4H,1-2,5-7,13H2. The third-order valence-corrected chi connectivity index (χ3v) is 2.55. The van der Waals surface area contributed by atoms with Gasteiger partial charge in [0, 0.05) is 5.56 Å². The zero-order chi connectivity index (χ0) is 9.97. The fourth-order valence-electron chi connectivity index (χ4n) is 1.90. The van der Waals surface area contributed by atoms with E-state index in [0.717, 1.165) is 36.3 Å². The molecular weight excluding hydrogens is 181 g/mol. The van der Waals surface area contributed by atoms with Crippen molar-refractivity contribution in [3.05, 3.63) is 29.1 Å². The van der Waals surface area contributed by atoms with Crippen molar-refractivity contribution in [1.29, 1.82) is 0 Å². The van der Waals surface area contributed by atoms with E-state index in [1.165, 1.54) is 6.07 Å². The van der Waals surface area contributed by atoms with Crippen LogP contribution in [0.15, 0.2) is 12.1 Å². The van der Waals surface area contributed by atoms with Gasteiger partial charge in [-0.3, -0.25) is 0 Å². The Labute approximate surface area is 82.9 Å². The topological polar surface area (TPSA) is 35.2 Å². The zero-order valence-corrected chi connectivity index (χ0v) is 8.05. The molecule has 0 saturated carbocycles. The number of hydrogen-bond donors (Lipinski definition) is 1. The van der Waals surface area contributed by atoms with Gasteiger partial charge >= 0.3 is 0 Å². The molecule has 0 atom stereocenters. The Morgan fingerprint density at radius 1 is 1.43 bits per heavy atom. The van der Waals surface area contributed by atoms with Crippen molar-refractivity contribution in [2.45, 2.75) is 19.3 Å². The second-order valence-corrected chi connectivity index (χ2v) is 3.49. The Balaban J connectivity index is 2.43. The minimum absolute atomic E-state index is 0.153. The van der Waals surface area contributed by atoms with Crippen LogP contribution >= 0.6 is 0 Å². The molecule has 3 heteroatoms. The molecule has 0 fully saturated rings. The summed E-state index contributed by atoms with van der Waals surface area (Å²) in [4.78, 5) is 0. The first-order chi connectivity index (χ1) is 6.83. The van der Waals surface area contributed by atoms with Gasteiger partial charge in [-0.15, -0.1) is 0 Å². The van der Waals surface area contributed by atoms with Gasteiger partial charge in [-0.25, -0.2) is 4.39 Å². The molecular formula is C11H14FNO. The van der Waals surface area contributed by atoms with Crippen LogP contribution in [0.5, 0.6) is 5.75 Å². The summed E-state index contributed by atoms with van der Waals surface area (Å²) in [6, 6.07) is 3.18. The first-order valence-electron chi connectivity index (χ1n) is 4.96. The van der Waals surface area contributed by atoms with Gasteiger partial charge in [0.1, 0.15) is 11.6 Å². The van der Waals surface area contributed by atoms with Crippen molar-refractivity contribution in [2.75, 3.05) is 13.2 Å². The maximum atomic E-state index is 13.5. The molecule has 0 amide bonds. The SMILES string of the molecule is NCCc1c(F)ccc2c1CCCO2. The average Bonchev–Trinajstić information content (AvgIpc) is 2.23. The minimum atomic E-state index is -0.153. The van der Waals surface area contributed by atoms with E-state index in [4.69, 9.17) is 10.5 Å². The summed E-state index contributed by atoms with van der Waals surface area (Å²) in [7, 11) is 0. The summed E-state index contributed by atoms with van der Waals surface area (Å²) in [5.74, 6) is 0.681. The highest BCUT2D eigenvalue weighted by Crippen LogP contribution is 2.29. The Kier molecular flexibility index (Phi) is 2.68. The monoisotopic (exact) mass is 195 g/mol. The smallest absolute Gasteiger partial charge is 0.126 e. The number of halogens is 1. The van der Waals surface area contributed by atoms with E-state index in [1.807, 2.05) is 0 Å². The van der Waals surface area contributed by atoms with Crippen LogP contribution in [0.3, 0.4) is 0 Å². The second-order valence-electron chi connectivity index (χ2n) is 3.49. The van der Waals surface area contributed by atoms with Crippen LogP contribution in [0, 0.1) is 5.82 Å². The predicted octanol–water partition coefficient (Wildman–Crippen LogP) is 1.65. The van der Waals surface area contributed by atoms with Crippen molar-refractivity contribution in [1.82, 2.24) is 0 Å². The fourth-order valence-corrected chi connectivity index (χ4v) is 1.90. The summed E-state index contributed by atoms with van der Waals surface area (Å²) in [5.41, 5.74) is 7.21. The van der Waals surface area contributed by atoms with Crippen LogP contribution in [-0.4, -0.2) is 13.2 Å². The minimum Gasteiger partial charge on any atom is -0.493 e. The molecule has 0 unspecified atom stereocenters. The maximum absolute atomic E-state index is 13.5. The number of hydrogen-bond acceptors (Lipinski definition) is 2. The van der Waals surface area contributed by atoms with E-state index in [1.54, 1.807) is 6.07 Å². The number of rotatable bonds is 2. The highest BCUT2D eigenvalue weighted by molar-refractivity contribution is 5.42. The van der Waals surface area contributed by atoms with Crippen molar-refractivity contribution >= 4 is 0 Å². The normalized spacial score (nSPS) is 14.7. The molecule has 76 valence electrons. The van der Waals surface area contributed by atoms with Crippen LogP contribution in [0.4, 0.5) is 4.39 Å². The molecule has 1 aliphatic heterocycles. The van der Waals surface area contributed by atoms with E-state index in [-0.39, 0.29) is 5.82 Å². The molecule has 0 bridgehead atoms. The Bertz CT molecular complexity index is 338. The van der Waals surface area contributed by atoms with Crippen LogP contribution in [0.25, 0.3) is 0 Å². The van der Waals surface area contributed by atoms with E-state index < -0.39 is 0 Å². The van der Waals surface area contributed by atoms with Crippen LogP contribution < -0.4 is 10.5 Å². The van der Waals surface area contributed by atoms with Crippen LogP contribution in [-0.2, 0) is 12.8 Å². The molecule has 14 heavy (non-hydrogen) atoms. The molecule has 2 nitrogen and oxygen atoms in total. The molecule has 1 aliphatic rings. The molecule has 0 aromatic heterocycles. The van der Waals surface area contributed by atoms with Gasteiger partial charge in [0.25, 0.3) is 0 Å². The highest BCUT2D eigenvalue weighted by Gasteiger charge is 2.16. The Morgan fingerprint density at radius 2 is 2.29 bits per heavy atom. The lowest BCUT2D eigenvalue weighted by atomic mass is 9.97. The van der Waals surface area contributed by atoms with Gasteiger partial charge in [-0.1, -0.05) is 0 Å². The maximum Gasteiger partial charge on any atom is 0.126 e. The lowest BCUT2D eigenvalue weighted by Gasteiger charge is -2.20. The van der Waals surface area contributed by atoms with Gasteiger partial charge in [0.05, 0.1) is 6.61 Å². The van der Waals surface area contributed by atoms with Crippen LogP contribution in [0.1, 0.15) is 17.5 Å². The number of fused-ring (bicyclic) bond motifs is 1. The van der Waals surface area contributed by atoms with Gasteiger partial charge in [-0.05, 0) is 43.5 Å². The predicted molar refractivity (Wildman–Crippen MR) is 53.0 cm³/mol.